The molecule has 7 nitrogen and oxygen atoms in total. The minimum Gasteiger partial charge on any atom is -0.494 e. The van der Waals surface area contributed by atoms with Crippen molar-refractivity contribution in [2.24, 2.45) is 0 Å². The third kappa shape index (κ3) is 4.06. The summed E-state index contributed by atoms with van der Waals surface area (Å²) in [5, 5.41) is 29.1. The van der Waals surface area contributed by atoms with Gasteiger partial charge in [-0.1, -0.05) is 23.2 Å². The zero-order chi connectivity index (χ0) is 17.1. The zero-order valence-corrected chi connectivity index (χ0v) is 13.6. The van der Waals surface area contributed by atoms with E-state index < -0.39 is 30.6 Å². The fourth-order valence-electron chi connectivity index (χ4n) is 2.22. The molecular weight excluding hydrogens is 351 g/mol. The van der Waals surface area contributed by atoms with E-state index in [1.807, 2.05) is 0 Å². The molecule has 1 aliphatic heterocycles. The standard InChI is InChI=1S/C14H16Cl2O7/c1-21-13-7(16)3-2-6(15)11(13)14(20)22-5-9-12(19)8(17)4-10(18)23-9/h2-3,8-10,12,17-19H,4-5H2,1H3/t8?,9?,10-,12-/m0/s1. The van der Waals surface area contributed by atoms with Crippen LogP contribution in [0.1, 0.15) is 16.8 Å². The maximum atomic E-state index is 12.2. The average molecular weight is 367 g/mol. The van der Waals surface area contributed by atoms with Gasteiger partial charge in [0.2, 0.25) is 0 Å². The Bertz CT molecular complexity index is 580. The molecule has 0 radical (unpaired) electrons. The first-order valence-corrected chi connectivity index (χ1v) is 7.49. The van der Waals surface area contributed by atoms with Crippen molar-refractivity contribution in [2.45, 2.75) is 31.0 Å². The molecule has 1 aromatic carbocycles. The largest absolute Gasteiger partial charge is 0.494 e. The predicted octanol–water partition coefficient (Wildman–Crippen LogP) is 0.988. The lowest BCUT2D eigenvalue weighted by Gasteiger charge is -2.34. The van der Waals surface area contributed by atoms with Crippen LogP contribution in [-0.2, 0) is 9.47 Å². The molecule has 0 bridgehead atoms. The van der Waals surface area contributed by atoms with Crippen LogP contribution < -0.4 is 4.74 Å². The summed E-state index contributed by atoms with van der Waals surface area (Å²) < 4.78 is 15.1. The molecule has 0 amide bonds. The summed E-state index contributed by atoms with van der Waals surface area (Å²) in [6, 6.07) is 2.89. The number of esters is 1. The van der Waals surface area contributed by atoms with Crippen LogP contribution >= 0.6 is 23.2 Å². The molecule has 1 heterocycles. The van der Waals surface area contributed by atoms with E-state index in [2.05, 4.69) is 0 Å². The molecule has 1 fully saturated rings. The van der Waals surface area contributed by atoms with Crippen LogP contribution in [-0.4, -0.2) is 59.6 Å². The lowest BCUT2D eigenvalue weighted by molar-refractivity contribution is -0.239. The third-order valence-electron chi connectivity index (χ3n) is 3.40. The lowest BCUT2D eigenvalue weighted by atomic mass is 10.0. The van der Waals surface area contributed by atoms with Gasteiger partial charge in [-0.2, -0.15) is 0 Å². The van der Waals surface area contributed by atoms with Crippen molar-refractivity contribution in [2.75, 3.05) is 13.7 Å². The molecule has 1 aliphatic rings. The summed E-state index contributed by atoms with van der Waals surface area (Å²) in [5.74, 6) is -0.769. The van der Waals surface area contributed by atoms with Gasteiger partial charge in [-0.3, -0.25) is 0 Å². The molecule has 9 heteroatoms. The average Bonchev–Trinajstić information content (AvgIpc) is 2.50. The molecule has 2 unspecified atom stereocenters. The van der Waals surface area contributed by atoms with Gasteiger partial charge in [0.1, 0.15) is 24.4 Å². The molecule has 128 valence electrons. The highest BCUT2D eigenvalue weighted by Gasteiger charge is 2.37. The van der Waals surface area contributed by atoms with Gasteiger partial charge < -0.3 is 29.5 Å². The maximum absolute atomic E-state index is 12.2. The second-order valence-electron chi connectivity index (χ2n) is 4.96. The molecule has 0 aromatic heterocycles. The van der Waals surface area contributed by atoms with Crippen LogP contribution in [0.15, 0.2) is 12.1 Å². The number of hydrogen-bond acceptors (Lipinski definition) is 7. The van der Waals surface area contributed by atoms with Gasteiger partial charge in [-0.05, 0) is 12.1 Å². The topological polar surface area (TPSA) is 105 Å². The van der Waals surface area contributed by atoms with Crippen LogP contribution in [0, 0.1) is 0 Å². The van der Waals surface area contributed by atoms with Crippen LogP contribution in [0.25, 0.3) is 0 Å². The fraction of sp³-hybridized carbons (Fsp3) is 0.500. The number of ether oxygens (including phenoxy) is 3. The zero-order valence-electron chi connectivity index (χ0n) is 12.1. The molecule has 3 N–H and O–H groups in total. The summed E-state index contributed by atoms with van der Waals surface area (Å²) in [6.07, 6.45) is -4.91. The number of benzene rings is 1. The van der Waals surface area contributed by atoms with Gasteiger partial charge in [0.15, 0.2) is 12.0 Å². The number of hydrogen-bond donors (Lipinski definition) is 3. The Kier molecular flexibility index (Phi) is 6.07. The molecular formula is C14H16Cl2O7. The van der Waals surface area contributed by atoms with E-state index in [4.69, 9.17) is 37.4 Å². The minimum atomic E-state index is -1.29. The molecule has 1 aromatic rings. The van der Waals surface area contributed by atoms with E-state index in [-0.39, 0.29) is 34.4 Å². The van der Waals surface area contributed by atoms with Crippen molar-refractivity contribution < 1.29 is 34.3 Å². The summed E-state index contributed by atoms with van der Waals surface area (Å²) in [5.41, 5.74) is -0.0620. The van der Waals surface area contributed by atoms with E-state index in [0.29, 0.717) is 0 Å². The van der Waals surface area contributed by atoms with Crippen molar-refractivity contribution in [3.8, 4) is 5.75 Å². The van der Waals surface area contributed by atoms with Crippen molar-refractivity contribution in [3.05, 3.63) is 27.7 Å². The van der Waals surface area contributed by atoms with Crippen LogP contribution in [0.3, 0.4) is 0 Å². The van der Waals surface area contributed by atoms with Crippen molar-refractivity contribution >= 4 is 29.2 Å². The number of methoxy groups -OCH3 is 1. The Morgan fingerprint density at radius 1 is 1.30 bits per heavy atom. The monoisotopic (exact) mass is 366 g/mol. The number of aliphatic hydroxyl groups excluding tert-OH is 3. The quantitative estimate of drug-likeness (QED) is 0.682. The van der Waals surface area contributed by atoms with E-state index in [0.717, 1.165) is 0 Å². The molecule has 0 aliphatic carbocycles. The predicted molar refractivity (Wildman–Crippen MR) is 80.8 cm³/mol. The second kappa shape index (κ2) is 7.65. The number of halogens is 2. The molecule has 2 rings (SSSR count). The smallest absolute Gasteiger partial charge is 0.343 e. The third-order valence-corrected chi connectivity index (χ3v) is 4.01. The summed E-state index contributed by atoms with van der Waals surface area (Å²) in [6.45, 7) is -0.389. The maximum Gasteiger partial charge on any atom is 0.343 e. The first-order chi connectivity index (χ1) is 10.8. The van der Waals surface area contributed by atoms with E-state index >= 15 is 0 Å². The fourth-order valence-corrected chi connectivity index (χ4v) is 2.68. The van der Waals surface area contributed by atoms with Crippen LogP contribution in [0.5, 0.6) is 5.75 Å². The van der Waals surface area contributed by atoms with E-state index in [1.54, 1.807) is 0 Å². The highest BCUT2D eigenvalue weighted by atomic mass is 35.5. The summed E-state index contributed by atoms with van der Waals surface area (Å²) in [7, 11) is 1.33. The second-order valence-corrected chi connectivity index (χ2v) is 5.77. The van der Waals surface area contributed by atoms with Gasteiger partial charge in [-0.25, -0.2) is 4.79 Å². The van der Waals surface area contributed by atoms with E-state index in [9.17, 15) is 20.1 Å². The van der Waals surface area contributed by atoms with Crippen molar-refractivity contribution in [1.82, 2.24) is 0 Å². The summed E-state index contributed by atoms with van der Waals surface area (Å²) in [4.78, 5) is 12.2. The SMILES string of the molecule is COc1c(Cl)ccc(Cl)c1C(=O)OCC1O[C@H](O)CC(O)[C@@H]1O. The van der Waals surface area contributed by atoms with Gasteiger partial charge in [0.05, 0.1) is 23.3 Å². The first kappa shape index (κ1) is 18.3. The van der Waals surface area contributed by atoms with Gasteiger partial charge in [0, 0.05) is 6.42 Å². The van der Waals surface area contributed by atoms with Gasteiger partial charge >= 0.3 is 5.97 Å². The Morgan fingerprint density at radius 3 is 2.61 bits per heavy atom. The van der Waals surface area contributed by atoms with E-state index in [1.165, 1.54) is 19.2 Å². The number of rotatable bonds is 4. The lowest BCUT2D eigenvalue weighted by Crippen LogP contribution is -2.50. The van der Waals surface area contributed by atoms with Crippen LogP contribution in [0.2, 0.25) is 10.0 Å². The molecule has 1 saturated heterocycles. The normalized spacial score (nSPS) is 27.6. The van der Waals surface area contributed by atoms with Crippen LogP contribution in [0.4, 0.5) is 0 Å². The number of aliphatic hydroxyl groups is 3. The Hall–Kier alpha value is -1.09. The Labute approximate surface area is 142 Å². The number of carbonyl (C=O) groups excluding carboxylic acids is 1. The Morgan fingerprint density at radius 2 is 1.96 bits per heavy atom. The molecule has 0 saturated carbocycles. The van der Waals surface area contributed by atoms with Gasteiger partial charge in [0.25, 0.3) is 0 Å². The molecule has 0 spiro atoms. The van der Waals surface area contributed by atoms with Gasteiger partial charge in [-0.15, -0.1) is 0 Å². The highest BCUT2D eigenvalue weighted by Crippen LogP contribution is 2.34. The Balaban J connectivity index is 2.10. The minimum absolute atomic E-state index is 0.0620. The summed E-state index contributed by atoms with van der Waals surface area (Å²) >= 11 is 11.9. The molecule has 23 heavy (non-hydrogen) atoms. The number of carbonyl (C=O) groups is 1. The van der Waals surface area contributed by atoms with Crippen molar-refractivity contribution in [1.29, 1.82) is 0 Å². The highest BCUT2D eigenvalue weighted by molar-refractivity contribution is 6.37. The molecule has 4 atom stereocenters. The van der Waals surface area contributed by atoms with Crippen molar-refractivity contribution in [3.63, 3.8) is 0 Å². The first-order valence-electron chi connectivity index (χ1n) is 6.74.